The lowest BCUT2D eigenvalue weighted by Gasteiger charge is -2.27. The van der Waals surface area contributed by atoms with Crippen LogP contribution in [-0.4, -0.2) is 80.4 Å². The molecule has 2 heterocycles. The van der Waals surface area contributed by atoms with Crippen LogP contribution >= 0.6 is 0 Å². The quantitative estimate of drug-likeness (QED) is 0.418. The first-order valence-electron chi connectivity index (χ1n) is 9.36. The summed E-state index contributed by atoms with van der Waals surface area (Å²) < 4.78 is 16.5. The van der Waals surface area contributed by atoms with Gasteiger partial charge in [-0.05, 0) is 19.3 Å². The van der Waals surface area contributed by atoms with Crippen LogP contribution < -0.4 is 16.0 Å². The van der Waals surface area contributed by atoms with Crippen LogP contribution in [0, 0.1) is 0 Å². The van der Waals surface area contributed by atoms with E-state index in [1.807, 2.05) is 0 Å². The number of urea groups is 1. The average Bonchev–Trinajstić information content (AvgIpc) is 3.08. The minimum absolute atomic E-state index is 0.104. The Labute approximate surface area is 153 Å². The summed E-state index contributed by atoms with van der Waals surface area (Å²) in [6.45, 7) is 1.16. The van der Waals surface area contributed by atoms with E-state index >= 15 is 0 Å². The summed E-state index contributed by atoms with van der Waals surface area (Å²) in [5, 5.41) is 18.8. The Hall–Kier alpha value is -1.42. The third-order valence-electron chi connectivity index (χ3n) is 5.22. The Morgan fingerprint density at radius 3 is 2.69 bits per heavy atom. The van der Waals surface area contributed by atoms with E-state index in [0.717, 1.165) is 19.3 Å². The largest absolute Gasteiger partial charge is 0.388 e. The van der Waals surface area contributed by atoms with Gasteiger partial charge in [0.2, 0.25) is 5.91 Å². The zero-order chi connectivity index (χ0) is 18.5. The minimum atomic E-state index is -0.814. The molecule has 0 aromatic carbocycles. The topological polar surface area (TPSA) is 118 Å². The molecule has 5 atom stereocenters. The Morgan fingerprint density at radius 1 is 1.23 bits per heavy atom. The van der Waals surface area contributed by atoms with E-state index in [1.165, 1.54) is 0 Å². The SMILES string of the molecule is COCCNC(=O)C[C@@H]1C[C@H]2O[C@H](CNC(=O)NC3CCC3)[C@@H](O)[C@H]2O1. The number of amides is 3. The smallest absolute Gasteiger partial charge is 0.315 e. The molecule has 0 aromatic rings. The van der Waals surface area contributed by atoms with Crippen LogP contribution in [0.3, 0.4) is 0 Å². The van der Waals surface area contributed by atoms with Gasteiger partial charge in [0.1, 0.15) is 18.3 Å². The fraction of sp³-hybridized carbons (Fsp3) is 0.882. The molecule has 148 valence electrons. The molecule has 1 aliphatic carbocycles. The highest BCUT2D eigenvalue weighted by Crippen LogP contribution is 2.35. The predicted molar refractivity (Wildman–Crippen MR) is 91.6 cm³/mol. The van der Waals surface area contributed by atoms with Crippen molar-refractivity contribution in [3.8, 4) is 0 Å². The van der Waals surface area contributed by atoms with Gasteiger partial charge in [-0.15, -0.1) is 0 Å². The minimum Gasteiger partial charge on any atom is -0.388 e. The lowest BCUT2D eigenvalue weighted by molar-refractivity contribution is -0.124. The maximum atomic E-state index is 11.8. The summed E-state index contributed by atoms with van der Waals surface area (Å²) in [5.74, 6) is -0.104. The van der Waals surface area contributed by atoms with E-state index < -0.39 is 18.3 Å². The van der Waals surface area contributed by atoms with Gasteiger partial charge >= 0.3 is 6.03 Å². The van der Waals surface area contributed by atoms with Gasteiger partial charge in [-0.1, -0.05) is 0 Å². The first-order valence-corrected chi connectivity index (χ1v) is 9.36. The molecule has 9 nitrogen and oxygen atoms in total. The summed E-state index contributed by atoms with van der Waals surface area (Å²) in [5.41, 5.74) is 0. The first-order chi connectivity index (χ1) is 12.6. The third kappa shape index (κ3) is 4.85. The number of rotatable bonds is 8. The second-order valence-electron chi connectivity index (χ2n) is 7.19. The van der Waals surface area contributed by atoms with Gasteiger partial charge in [-0.3, -0.25) is 4.79 Å². The third-order valence-corrected chi connectivity index (χ3v) is 5.22. The molecule has 4 N–H and O–H groups in total. The Morgan fingerprint density at radius 2 is 2.04 bits per heavy atom. The number of aliphatic hydroxyl groups is 1. The molecule has 2 aliphatic heterocycles. The van der Waals surface area contributed by atoms with Gasteiger partial charge in [0.15, 0.2) is 0 Å². The van der Waals surface area contributed by atoms with E-state index in [2.05, 4.69) is 16.0 Å². The molecule has 2 saturated heterocycles. The number of fused-ring (bicyclic) bond motifs is 1. The standard InChI is InChI=1S/C17H29N3O6/c1-24-6-5-18-14(21)8-11-7-12-16(25-11)15(22)13(26-12)9-19-17(23)20-10-3-2-4-10/h10-13,15-16,22H,2-9H2,1H3,(H,18,21)(H2,19,20,23)/t11-,12+,13+,15+,16-/m0/s1. The molecule has 3 amide bonds. The Kier molecular flexibility index (Phi) is 6.68. The average molecular weight is 371 g/mol. The molecule has 9 heteroatoms. The molecular weight excluding hydrogens is 342 g/mol. The van der Waals surface area contributed by atoms with E-state index in [-0.39, 0.29) is 43.2 Å². The summed E-state index contributed by atoms with van der Waals surface area (Å²) in [6.07, 6.45) is 1.72. The first kappa shape index (κ1) is 19.3. The van der Waals surface area contributed by atoms with Crippen LogP contribution in [0.1, 0.15) is 32.1 Å². The van der Waals surface area contributed by atoms with Gasteiger partial charge in [-0.25, -0.2) is 4.79 Å². The molecular formula is C17H29N3O6. The zero-order valence-corrected chi connectivity index (χ0v) is 15.1. The molecule has 0 unspecified atom stereocenters. The van der Waals surface area contributed by atoms with Crippen LogP contribution in [0.4, 0.5) is 4.79 Å². The van der Waals surface area contributed by atoms with Gasteiger partial charge in [0, 0.05) is 32.7 Å². The van der Waals surface area contributed by atoms with Crippen molar-refractivity contribution < 1.29 is 28.9 Å². The van der Waals surface area contributed by atoms with Crippen molar-refractivity contribution in [3.05, 3.63) is 0 Å². The fourth-order valence-corrected chi connectivity index (χ4v) is 3.56. The number of nitrogens with one attached hydrogen (secondary N) is 3. The van der Waals surface area contributed by atoms with Gasteiger partial charge in [-0.2, -0.15) is 0 Å². The molecule has 0 aromatic heterocycles. The van der Waals surface area contributed by atoms with E-state index in [4.69, 9.17) is 14.2 Å². The van der Waals surface area contributed by atoms with Crippen LogP contribution in [0.5, 0.6) is 0 Å². The van der Waals surface area contributed by atoms with Gasteiger partial charge in [0.25, 0.3) is 0 Å². The van der Waals surface area contributed by atoms with Crippen molar-refractivity contribution in [1.29, 1.82) is 0 Å². The van der Waals surface area contributed by atoms with Crippen LogP contribution in [0.2, 0.25) is 0 Å². The van der Waals surface area contributed by atoms with E-state index in [1.54, 1.807) is 7.11 Å². The number of ether oxygens (including phenoxy) is 3. The van der Waals surface area contributed by atoms with Gasteiger partial charge < -0.3 is 35.3 Å². The molecule has 26 heavy (non-hydrogen) atoms. The van der Waals surface area contributed by atoms with E-state index in [9.17, 15) is 14.7 Å². The normalized spacial score (nSPS) is 33.4. The van der Waals surface area contributed by atoms with E-state index in [0.29, 0.717) is 19.6 Å². The summed E-state index contributed by atoms with van der Waals surface area (Å²) in [6, 6.07) is 0.0389. The number of hydrogen-bond donors (Lipinski definition) is 4. The Bertz CT molecular complexity index is 501. The molecule has 3 fully saturated rings. The predicted octanol–water partition coefficient (Wildman–Crippen LogP) is -0.723. The lowest BCUT2D eigenvalue weighted by Crippen LogP contribution is -2.48. The number of aliphatic hydroxyl groups excluding tert-OH is 1. The molecule has 0 radical (unpaired) electrons. The number of hydrogen-bond acceptors (Lipinski definition) is 6. The zero-order valence-electron chi connectivity index (χ0n) is 15.1. The number of carbonyl (C=O) groups is 2. The van der Waals surface area contributed by atoms with Crippen molar-refractivity contribution in [2.24, 2.45) is 0 Å². The van der Waals surface area contributed by atoms with Crippen molar-refractivity contribution in [1.82, 2.24) is 16.0 Å². The second kappa shape index (κ2) is 8.98. The molecule has 1 saturated carbocycles. The Balaban J connectivity index is 1.35. The summed E-state index contributed by atoms with van der Waals surface area (Å²) in [7, 11) is 1.58. The second-order valence-corrected chi connectivity index (χ2v) is 7.19. The van der Waals surface area contributed by atoms with Crippen molar-refractivity contribution in [2.45, 2.75) is 68.7 Å². The molecule has 0 spiro atoms. The highest BCUT2D eigenvalue weighted by molar-refractivity contribution is 5.76. The summed E-state index contributed by atoms with van der Waals surface area (Å²) in [4.78, 5) is 23.6. The number of methoxy groups -OCH3 is 1. The summed E-state index contributed by atoms with van der Waals surface area (Å²) >= 11 is 0. The van der Waals surface area contributed by atoms with Crippen LogP contribution in [-0.2, 0) is 19.0 Å². The van der Waals surface area contributed by atoms with Gasteiger partial charge in [0.05, 0.1) is 25.2 Å². The van der Waals surface area contributed by atoms with Crippen molar-refractivity contribution in [2.75, 3.05) is 26.8 Å². The highest BCUT2D eigenvalue weighted by Gasteiger charge is 2.50. The number of carbonyl (C=O) groups excluding carboxylic acids is 2. The fourth-order valence-electron chi connectivity index (χ4n) is 3.56. The van der Waals surface area contributed by atoms with Crippen molar-refractivity contribution >= 4 is 11.9 Å². The van der Waals surface area contributed by atoms with Crippen molar-refractivity contribution in [3.63, 3.8) is 0 Å². The van der Waals surface area contributed by atoms with Crippen LogP contribution in [0.15, 0.2) is 0 Å². The van der Waals surface area contributed by atoms with Crippen LogP contribution in [0.25, 0.3) is 0 Å². The maximum absolute atomic E-state index is 11.8. The maximum Gasteiger partial charge on any atom is 0.315 e. The molecule has 3 rings (SSSR count). The molecule has 3 aliphatic rings. The molecule has 0 bridgehead atoms. The lowest BCUT2D eigenvalue weighted by atomic mass is 9.93. The monoisotopic (exact) mass is 371 g/mol. The highest BCUT2D eigenvalue weighted by atomic mass is 16.6.